The number of hydrogen-bond acceptors (Lipinski definition) is 7. The zero-order valence-electron chi connectivity index (χ0n) is 25.3. The van der Waals surface area contributed by atoms with E-state index in [0.29, 0.717) is 43.5 Å². The number of aliphatic carboxylic acids is 1. The Labute approximate surface area is 234 Å². The molecule has 0 radical (unpaired) electrons. The number of ether oxygens (including phenoxy) is 4. The van der Waals surface area contributed by atoms with E-state index < -0.39 is 35.2 Å². The number of benzene rings is 1. The van der Waals surface area contributed by atoms with Crippen LogP contribution < -0.4 is 14.8 Å². The summed E-state index contributed by atoms with van der Waals surface area (Å²) in [6.07, 6.45) is 0.777. The maximum atomic E-state index is 12.5. The van der Waals surface area contributed by atoms with Gasteiger partial charge in [0.2, 0.25) is 0 Å². The summed E-state index contributed by atoms with van der Waals surface area (Å²) in [6.45, 7) is 14.0. The third-order valence-electron chi connectivity index (χ3n) is 6.94. The van der Waals surface area contributed by atoms with Crippen molar-refractivity contribution in [3.8, 4) is 11.5 Å². The molecule has 224 valence electrons. The highest BCUT2D eigenvalue weighted by atomic mass is 16.6. The Kier molecular flexibility index (Phi) is 14.1. The lowest BCUT2D eigenvalue weighted by Gasteiger charge is -2.36. The van der Waals surface area contributed by atoms with E-state index in [0.717, 1.165) is 18.4 Å². The third kappa shape index (κ3) is 11.6. The van der Waals surface area contributed by atoms with Crippen LogP contribution in [0.25, 0.3) is 0 Å². The van der Waals surface area contributed by atoms with Gasteiger partial charge in [-0.1, -0.05) is 33.8 Å². The molecule has 3 N–H and O–H groups in total. The molecule has 9 heteroatoms. The Morgan fingerprint density at radius 2 is 1.67 bits per heavy atom. The van der Waals surface area contributed by atoms with Crippen molar-refractivity contribution >= 4 is 12.1 Å². The standard InChI is InChI=1S/C30H51NO8/c1-20(2)23(17-22-11-14-25(37-9)26(18-22)38-16-10-15-36-8)12-13-24(32)19-30(21(3)4,27(33)34)31-28(35)39-29(5,6)7/h11,14,18,20-21,23-24,32H,10,12-13,15-17,19H2,1-9H3,(H,31,35)(H,33,34)/t23-,24-,30-/m0/s1. The second-order valence-corrected chi connectivity index (χ2v) is 11.9. The summed E-state index contributed by atoms with van der Waals surface area (Å²) < 4.78 is 21.8. The molecule has 0 unspecified atom stereocenters. The monoisotopic (exact) mass is 553 g/mol. The predicted molar refractivity (Wildman–Crippen MR) is 151 cm³/mol. The van der Waals surface area contributed by atoms with Crippen LogP contribution in [0.3, 0.4) is 0 Å². The number of rotatable bonds is 17. The van der Waals surface area contributed by atoms with E-state index in [4.69, 9.17) is 18.9 Å². The van der Waals surface area contributed by atoms with Crippen LogP contribution in [0, 0.1) is 17.8 Å². The zero-order valence-corrected chi connectivity index (χ0v) is 25.3. The van der Waals surface area contributed by atoms with Gasteiger partial charge in [0, 0.05) is 26.6 Å². The van der Waals surface area contributed by atoms with E-state index in [1.165, 1.54) is 0 Å². The molecule has 3 atom stereocenters. The average Bonchev–Trinajstić information content (AvgIpc) is 2.82. The van der Waals surface area contributed by atoms with Gasteiger partial charge in [-0.15, -0.1) is 0 Å². The summed E-state index contributed by atoms with van der Waals surface area (Å²) >= 11 is 0. The number of methoxy groups -OCH3 is 2. The Balaban J connectivity index is 2.95. The minimum absolute atomic E-state index is 0.119. The fraction of sp³-hybridized carbons (Fsp3) is 0.733. The largest absolute Gasteiger partial charge is 0.493 e. The van der Waals surface area contributed by atoms with E-state index in [2.05, 4.69) is 19.2 Å². The summed E-state index contributed by atoms with van der Waals surface area (Å²) in [5, 5.41) is 23.6. The van der Waals surface area contributed by atoms with E-state index in [-0.39, 0.29) is 12.3 Å². The number of aliphatic hydroxyl groups is 1. The van der Waals surface area contributed by atoms with Gasteiger partial charge in [0.1, 0.15) is 11.1 Å². The molecule has 0 heterocycles. The second-order valence-electron chi connectivity index (χ2n) is 11.9. The van der Waals surface area contributed by atoms with Gasteiger partial charge in [-0.3, -0.25) is 0 Å². The van der Waals surface area contributed by atoms with Crippen LogP contribution >= 0.6 is 0 Å². The first-order valence-electron chi connectivity index (χ1n) is 13.9. The van der Waals surface area contributed by atoms with Crippen LogP contribution in [0.4, 0.5) is 4.79 Å². The second kappa shape index (κ2) is 15.9. The number of hydrogen-bond donors (Lipinski definition) is 3. The molecule has 9 nitrogen and oxygen atoms in total. The highest BCUT2D eigenvalue weighted by molar-refractivity contribution is 5.84. The third-order valence-corrected chi connectivity index (χ3v) is 6.94. The fourth-order valence-electron chi connectivity index (χ4n) is 4.50. The van der Waals surface area contributed by atoms with Crippen molar-refractivity contribution in [1.29, 1.82) is 0 Å². The Morgan fingerprint density at radius 3 is 2.18 bits per heavy atom. The van der Waals surface area contributed by atoms with Gasteiger partial charge in [-0.05, 0) is 75.5 Å². The fourth-order valence-corrected chi connectivity index (χ4v) is 4.50. The average molecular weight is 554 g/mol. The molecule has 1 aromatic rings. The number of nitrogens with one attached hydrogen (secondary N) is 1. The molecule has 0 aliphatic carbocycles. The lowest BCUT2D eigenvalue weighted by molar-refractivity contribution is -0.148. The molecule has 1 amide bonds. The zero-order chi connectivity index (χ0) is 29.8. The first-order valence-corrected chi connectivity index (χ1v) is 13.9. The Bertz CT molecular complexity index is 895. The molecular weight excluding hydrogens is 502 g/mol. The lowest BCUT2D eigenvalue weighted by Crippen LogP contribution is -2.60. The molecule has 0 spiro atoms. The van der Waals surface area contributed by atoms with Crippen molar-refractivity contribution in [2.45, 2.75) is 97.8 Å². The number of carbonyl (C=O) groups excluding carboxylic acids is 1. The van der Waals surface area contributed by atoms with Crippen molar-refractivity contribution in [3.05, 3.63) is 23.8 Å². The molecule has 0 bridgehead atoms. The summed E-state index contributed by atoms with van der Waals surface area (Å²) in [4.78, 5) is 24.9. The molecule has 39 heavy (non-hydrogen) atoms. The summed E-state index contributed by atoms with van der Waals surface area (Å²) in [5.41, 5.74) is -1.33. The highest BCUT2D eigenvalue weighted by Crippen LogP contribution is 2.32. The summed E-state index contributed by atoms with van der Waals surface area (Å²) in [7, 11) is 3.27. The highest BCUT2D eigenvalue weighted by Gasteiger charge is 2.45. The minimum Gasteiger partial charge on any atom is -0.493 e. The summed E-state index contributed by atoms with van der Waals surface area (Å²) in [6, 6.07) is 5.92. The van der Waals surface area contributed by atoms with Gasteiger partial charge in [-0.2, -0.15) is 0 Å². The maximum Gasteiger partial charge on any atom is 0.408 e. The number of carboxylic acid groups (broad SMARTS) is 1. The molecule has 0 fully saturated rings. The van der Waals surface area contributed by atoms with Crippen molar-refractivity contribution in [1.82, 2.24) is 5.32 Å². The van der Waals surface area contributed by atoms with E-state index in [9.17, 15) is 19.8 Å². The molecular formula is C30H51NO8. The Hall–Kier alpha value is -2.52. The quantitative estimate of drug-likeness (QED) is 0.217. The number of carbonyl (C=O) groups is 2. The molecule has 1 aromatic carbocycles. The molecule has 0 aromatic heterocycles. The molecule has 0 aliphatic heterocycles. The van der Waals surface area contributed by atoms with Crippen molar-refractivity contribution < 1.29 is 38.7 Å². The van der Waals surface area contributed by atoms with Crippen LogP contribution in [0.15, 0.2) is 18.2 Å². The van der Waals surface area contributed by atoms with Gasteiger partial charge >= 0.3 is 12.1 Å². The molecule has 0 aliphatic rings. The van der Waals surface area contributed by atoms with E-state index in [1.807, 2.05) is 18.2 Å². The van der Waals surface area contributed by atoms with Crippen molar-refractivity contribution in [2.75, 3.05) is 27.4 Å². The van der Waals surface area contributed by atoms with Gasteiger partial charge in [0.15, 0.2) is 11.5 Å². The van der Waals surface area contributed by atoms with Crippen LogP contribution in [0.2, 0.25) is 0 Å². The maximum absolute atomic E-state index is 12.5. The summed E-state index contributed by atoms with van der Waals surface area (Å²) in [5.74, 6) is 0.263. The Morgan fingerprint density at radius 1 is 1.00 bits per heavy atom. The topological polar surface area (TPSA) is 124 Å². The van der Waals surface area contributed by atoms with Crippen LogP contribution in [0.1, 0.15) is 79.7 Å². The number of alkyl carbamates (subject to hydrolysis) is 1. The van der Waals surface area contributed by atoms with Gasteiger partial charge in [0.05, 0.1) is 19.8 Å². The van der Waals surface area contributed by atoms with E-state index in [1.54, 1.807) is 48.8 Å². The predicted octanol–water partition coefficient (Wildman–Crippen LogP) is 5.46. The van der Waals surface area contributed by atoms with Gasteiger partial charge < -0.3 is 34.5 Å². The van der Waals surface area contributed by atoms with Gasteiger partial charge in [-0.25, -0.2) is 9.59 Å². The normalized spacial score (nSPS) is 15.0. The SMILES string of the molecule is COCCCOc1cc(C[C@H](CC[C@H](O)C[C@@](NC(=O)OC(C)(C)C)(C(=O)O)C(C)C)C(C)C)ccc1OC. The molecule has 0 saturated heterocycles. The lowest BCUT2D eigenvalue weighted by atomic mass is 9.79. The first-order chi connectivity index (χ1) is 18.1. The van der Waals surface area contributed by atoms with Crippen LogP contribution in [-0.2, 0) is 20.7 Å². The minimum atomic E-state index is -1.65. The van der Waals surface area contributed by atoms with Crippen molar-refractivity contribution in [2.24, 2.45) is 17.8 Å². The molecule has 1 rings (SSSR count). The number of amides is 1. The smallest absolute Gasteiger partial charge is 0.408 e. The van der Waals surface area contributed by atoms with Crippen LogP contribution in [-0.4, -0.2) is 67.0 Å². The first kappa shape index (κ1) is 34.5. The van der Waals surface area contributed by atoms with E-state index >= 15 is 0 Å². The van der Waals surface area contributed by atoms with Crippen LogP contribution in [0.5, 0.6) is 11.5 Å². The van der Waals surface area contributed by atoms with Gasteiger partial charge in [0.25, 0.3) is 0 Å². The number of aliphatic hydroxyl groups excluding tert-OH is 1. The molecule has 0 saturated carbocycles. The van der Waals surface area contributed by atoms with Crippen molar-refractivity contribution in [3.63, 3.8) is 0 Å². The number of carboxylic acids is 1.